The molecule has 0 bridgehead atoms. The third kappa shape index (κ3) is 1.69. The maximum absolute atomic E-state index is 11.1. The minimum absolute atomic E-state index is 0.252. The summed E-state index contributed by atoms with van der Waals surface area (Å²) < 4.78 is 0.736. The van der Waals surface area contributed by atoms with Crippen LogP contribution in [0.2, 0.25) is 0 Å². The predicted molar refractivity (Wildman–Crippen MR) is 57.4 cm³/mol. The molecule has 0 aliphatic heterocycles. The first-order valence-electron chi connectivity index (χ1n) is 4.67. The normalized spacial score (nSPS) is 21.5. The van der Waals surface area contributed by atoms with Crippen molar-refractivity contribution >= 4 is 21.7 Å². The molecule has 1 aliphatic rings. The van der Waals surface area contributed by atoms with E-state index in [2.05, 4.69) is 15.9 Å². The average molecular weight is 255 g/mol. The number of ketones is 1. The van der Waals surface area contributed by atoms with Gasteiger partial charge in [0.2, 0.25) is 0 Å². The maximum Gasteiger partial charge on any atom is 0.133 e. The van der Waals surface area contributed by atoms with Gasteiger partial charge in [-0.3, -0.25) is 4.79 Å². The van der Waals surface area contributed by atoms with Crippen LogP contribution in [0.15, 0.2) is 22.7 Å². The van der Waals surface area contributed by atoms with Gasteiger partial charge in [0.25, 0.3) is 0 Å². The summed E-state index contributed by atoms with van der Waals surface area (Å²) in [6.45, 7) is 0. The molecule has 1 aromatic carbocycles. The average Bonchev–Trinajstić information content (AvgIpc) is 2.57. The van der Waals surface area contributed by atoms with Crippen LogP contribution in [0.5, 0.6) is 5.75 Å². The maximum atomic E-state index is 11.1. The van der Waals surface area contributed by atoms with Gasteiger partial charge in [0.1, 0.15) is 11.5 Å². The number of hydrogen-bond donors (Lipinski definition) is 1. The minimum atomic E-state index is 0.252. The van der Waals surface area contributed by atoms with Crippen molar-refractivity contribution in [2.75, 3.05) is 0 Å². The standard InChI is InChI=1S/C11H11BrO2/c12-11-9(2-1-3-10(11)14)7-4-5-8(13)6-7/h1-3,7,14H,4-6H2. The van der Waals surface area contributed by atoms with Crippen LogP contribution < -0.4 is 0 Å². The highest BCUT2D eigenvalue weighted by atomic mass is 79.9. The van der Waals surface area contributed by atoms with Gasteiger partial charge >= 0.3 is 0 Å². The van der Waals surface area contributed by atoms with E-state index in [4.69, 9.17) is 0 Å². The highest BCUT2D eigenvalue weighted by Crippen LogP contribution is 2.39. The fourth-order valence-electron chi connectivity index (χ4n) is 1.93. The summed E-state index contributed by atoms with van der Waals surface area (Å²) in [5.74, 6) is 0.857. The highest BCUT2D eigenvalue weighted by molar-refractivity contribution is 9.10. The van der Waals surface area contributed by atoms with Gasteiger partial charge in [-0.05, 0) is 39.9 Å². The third-order valence-electron chi connectivity index (χ3n) is 2.69. The monoisotopic (exact) mass is 254 g/mol. The van der Waals surface area contributed by atoms with E-state index in [1.165, 1.54) is 0 Å². The largest absolute Gasteiger partial charge is 0.507 e. The number of halogens is 1. The zero-order valence-corrected chi connectivity index (χ0v) is 9.25. The van der Waals surface area contributed by atoms with Gasteiger partial charge in [0.05, 0.1) is 4.47 Å². The van der Waals surface area contributed by atoms with Crippen LogP contribution in [-0.4, -0.2) is 10.9 Å². The van der Waals surface area contributed by atoms with Crippen molar-refractivity contribution in [2.24, 2.45) is 0 Å². The highest BCUT2D eigenvalue weighted by Gasteiger charge is 2.25. The summed E-state index contributed by atoms with van der Waals surface area (Å²) in [6.07, 6.45) is 2.19. The van der Waals surface area contributed by atoms with Crippen molar-refractivity contribution in [3.8, 4) is 5.75 Å². The summed E-state index contributed by atoms with van der Waals surface area (Å²) in [5, 5.41) is 9.49. The molecule has 0 spiro atoms. The van der Waals surface area contributed by atoms with Gasteiger partial charge < -0.3 is 5.11 Å². The molecule has 1 aromatic rings. The fourth-order valence-corrected chi connectivity index (χ4v) is 2.52. The van der Waals surface area contributed by atoms with E-state index in [-0.39, 0.29) is 11.7 Å². The minimum Gasteiger partial charge on any atom is -0.507 e. The molecular formula is C11H11BrO2. The summed E-state index contributed by atoms with van der Waals surface area (Å²) >= 11 is 3.35. The van der Waals surface area contributed by atoms with Crippen molar-refractivity contribution in [1.29, 1.82) is 0 Å². The molecule has 1 aliphatic carbocycles. The molecule has 14 heavy (non-hydrogen) atoms. The van der Waals surface area contributed by atoms with Crippen LogP contribution in [-0.2, 0) is 4.79 Å². The molecule has 74 valence electrons. The number of hydrogen-bond acceptors (Lipinski definition) is 2. The van der Waals surface area contributed by atoms with E-state index >= 15 is 0 Å². The zero-order chi connectivity index (χ0) is 10.1. The number of rotatable bonds is 1. The van der Waals surface area contributed by atoms with Crippen molar-refractivity contribution in [3.05, 3.63) is 28.2 Å². The van der Waals surface area contributed by atoms with Crippen LogP contribution in [0, 0.1) is 0 Å². The van der Waals surface area contributed by atoms with E-state index in [0.29, 0.717) is 18.6 Å². The first kappa shape index (κ1) is 9.71. The molecule has 1 N–H and O–H groups in total. The molecule has 0 heterocycles. The molecule has 1 unspecified atom stereocenters. The van der Waals surface area contributed by atoms with Crippen LogP contribution >= 0.6 is 15.9 Å². The zero-order valence-electron chi connectivity index (χ0n) is 7.66. The second-order valence-corrected chi connectivity index (χ2v) is 4.45. The van der Waals surface area contributed by atoms with Gasteiger partial charge in [-0.25, -0.2) is 0 Å². The quantitative estimate of drug-likeness (QED) is 0.837. The Morgan fingerprint density at radius 1 is 1.43 bits per heavy atom. The lowest BCUT2D eigenvalue weighted by atomic mass is 9.97. The number of Topliss-reactive ketones (excluding diaryl/α,β-unsaturated/α-hetero) is 1. The summed E-state index contributed by atoms with van der Waals surface area (Å²) in [7, 11) is 0. The number of phenolic OH excluding ortho intramolecular Hbond substituents is 1. The summed E-state index contributed by atoms with van der Waals surface area (Å²) in [5.41, 5.74) is 1.05. The van der Waals surface area contributed by atoms with E-state index in [9.17, 15) is 9.90 Å². The van der Waals surface area contributed by atoms with Gasteiger partial charge in [0, 0.05) is 12.8 Å². The van der Waals surface area contributed by atoms with Crippen molar-refractivity contribution in [3.63, 3.8) is 0 Å². The molecular weight excluding hydrogens is 244 g/mol. The Labute approximate surface area is 91.1 Å². The second-order valence-electron chi connectivity index (χ2n) is 3.66. The SMILES string of the molecule is O=C1CCC(c2cccc(O)c2Br)C1. The van der Waals surface area contributed by atoms with Gasteiger partial charge in [-0.2, -0.15) is 0 Å². The Hall–Kier alpha value is -0.830. The Kier molecular flexibility index (Phi) is 2.59. The smallest absolute Gasteiger partial charge is 0.133 e. The lowest BCUT2D eigenvalue weighted by Crippen LogP contribution is -1.95. The van der Waals surface area contributed by atoms with E-state index in [0.717, 1.165) is 16.5 Å². The molecule has 0 radical (unpaired) electrons. The van der Waals surface area contributed by atoms with Crippen LogP contribution in [0.3, 0.4) is 0 Å². The van der Waals surface area contributed by atoms with Gasteiger partial charge in [-0.1, -0.05) is 12.1 Å². The predicted octanol–water partition coefficient (Wildman–Crippen LogP) is 2.99. The Balaban J connectivity index is 2.32. The number of carbonyl (C=O) groups excluding carboxylic acids is 1. The van der Waals surface area contributed by atoms with Crippen molar-refractivity contribution in [1.82, 2.24) is 0 Å². The molecule has 0 saturated heterocycles. The lowest BCUT2D eigenvalue weighted by Gasteiger charge is -2.11. The number of carbonyl (C=O) groups is 1. The number of phenols is 1. The van der Waals surface area contributed by atoms with E-state index in [1.807, 2.05) is 12.1 Å². The second kappa shape index (κ2) is 3.73. The van der Waals surface area contributed by atoms with Gasteiger partial charge in [0.15, 0.2) is 0 Å². The third-order valence-corrected chi connectivity index (χ3v) is 3.56. The van der Waals surface area contributed by atoms with E-state index in [1.54, 1.807) is 6.07 Å². The Morgan fingerprint density at radius 2 is 2.21 bits per heavy atom. The lowest BCUT2D eigenvalue weighted by molar-refractivity contribution is -0.117. The Bertz CT molecular complexity index is 374. The number of benzene rings is 1. The van der Waals surface area contributed by atoms with Crippen molar-refractivity contribution in [2.45, 2.75) is 25.2 Å². The van der Waals surface area contributed by atoms with Crippen LogP contribution in [0.25, 0.3) is 0 Å². The Morgan fingerprint density at radius 3 is 2.86 bits per heavy atom. The number of aromatic hydroxyl groups is 1. The molecule has 3 heteroatoms. The molecule has 0 amide bonds. The summed E-state index contributed by atoms with van der Waals surface area (Å²) in [4.78, 5) is 11.1. The fraction of sp³-hybridized carbons (Fsp3) is 0.364. The molecule has 0 aromatic heterocycles. The molecule has 1 fully saturated rings. The molecule has 2 rings (SSSR count). The first-order valence-corrected chi connectivity index (χ1v) is 5.47. The van der Waals surface area contributed by atoms with E-state index < -0.39 is 0 Å². The summed E-state index contributed by atoms with van der Waals surface area (Å²) in [6, 6.07) is 5.43. The molecule has 1 saturated carbocycles. The molecule has 1 atom stereocenters. The molecule has 2 nitrogen and oxygen atoms in total. The first-order chi connectivity index (χ1) is 6.68. The topological polar surface area (TPSA) is 37.3 Å². The van der Waals surface area contributed by atoms with Gasteiger partial charge in [-0.15, -0.1) is 0 Å². The van der Waals surface area contributed by atoms with Crippen LogP contribution in [0.4, 0.5) is 0 Å². The van der Waals surface area contributed by atoms with Crippen LogP contribution in [0.1, 0.15) is 30.7 Å². The van der Waals surface area contributed by atoms with Crippen molar-refractivity contribution < 1.29 is 9.90 Å².